The van der Waals surface area contributed by atoms with E-state index in [1.807, 2.05) is 32.9 Å². The minimum Gasteiger partial charge on any atom is -0.494 e. The van der Waals surface area contributed by atoms with Gasteiger partial charge in [-0.15, -0.1) is 0 Å². The van der Waals surface area contributed by atoms with Gasteiger partial charge in [-0.1, -0.05) is 26.0 Å². The lowest BCUT2D eigenvalue weighted by Crippen LogP contribution is -2.33. The SMILES string of the molecule is CC(C)c1ccc(OCCCNC(=O)OC(C)(C)C)cc1. The van der Waals surface area contributed by atoms with Crippen molar-refractivity contribution in [1.82, 2.24) is 5.32 Å². The maximum absolute atomic E-state index is 11.4. The summed E-state index contributed by atoms with van der Waals surface area (Å²) in [6, 6.07) is 8.13. The Labute approximate surface area is 127 Å². The first kappa shape index (κ1) is 17.3. The molecule has 1 N–H and O–H groups in total. The number of rotatable bonds is 6. The number of nitrogens with one attached hydrogen (secondary N) is 1. The second kappa shape index (κ2) is 7.91. The predicted molar refractivity (Wildman–Crippen MR) is 84.9 cm³/mol. The molecule has 0 saturated heterocycles. The molecule has 0 aliphatic rings. The number of hydrogen-bond donors (Lipinski definition) is 1. The standard InChI is InChI=1S/C17H27NO3/c1-13(2)14-7-9-15(10-8-14)20-12-6-11-18-16(19)21-17(3,4)5/h7-10,13H,6,11-12H2,1-5H3,(H,18,19). The van der Waals surface area contributed by atoms with Crippen LogP contribution in [0.5, 0.6) is 5.75 Å². The quantitative estimate of drug-likeness (QED) is 0.803. The van der Waals surface area contributed by atoms with Crippen molar-refractivity contribution >= 4 is 6.09 Å². The highest BCUT2D eigenvalue weighted by molar-refractivity contribution is 5.67. The molecule has 0 aliphatic carbocycles. The van der Waals surface area contributed by atoms with Gasteiger partial charge in [0.2, 0.25) is 0 Å². The summed E-state index contributed by atoms with van der Waals surface area (Å²) >= 11 is 0. The van der Waals surface area contributed by atoms with Gasteiger partial charge in [-0.25, -0.2) is 4.79 Å². The van der Waals surface area contributed by atoms with Crippen molar-refractivity contribution in [2.45, 2.75) is 52.6 Å². The van der Waals surface area contributed by atoms with Crippen molar-refractivity contribution in [2.24, 2.45) is 0 Å². The Morgan fingerprint density at radius 2 is 1.81 bits per heavy atom. The molecule has 0 saturated carbocycles. The Bertz CT molecular complexity index is 432. The summed E-state index contributed by atoms with van der Waals surface area (Å²) < 4.78 is 10.8. The van der Waals surface area contributed by atoms with E-state index in [9.17, 15) is 4.79 Å². The molecule has 1 aromatic carbocycles. The monoisotopic (exact) mass is 293 g/mol. The van der Waals surface area contributed by atoms with E-state index in [2.05, 4.69) is 31.3 Å². The molecule has 0 aromatic heterocycles. The van der Waals surface area contributed by atoms with E-state index in [1.165, 1.54) is 5.56 Å². The second-order valence-corrected chi connectivity index (χ2v) is 6.35. The number of amides is 1. The average Bonchev–Trinajstić information content (AvgIpc) is 2.36. The molecule has 118 valence electrons. The molecular formula is C17H27NO3. The van der Waals surface area contributed by atoms with Crippen molar-refractivity contribution < 1.29 is 14.3 Å². The van der Waals surface area contributed by atoms with Crippen LogP contribution in [0.2, 0.25) is 0 Å². The predicted octanol–water partition coefficient (Wildman–Crippen LogP) is 4.10. The Morgan fingerprint density at radius 1 is 1.19 bits per heavy atom. The molecule has 0 spiro atoms. The highest BCUT2D eigenvalue weighted by Crippen LogP contribution is 2.18. The zero-order chi connectivity index (χ0) is 15.9. The third-order valence-corrected chi connectivity index (χ3v) is 2.80. The van der Waals surface area contributed by atoms with Gasteiger partial charge in [-0.2, -0.15) is 0 Å². The summed E-state index contributed by atoms with van der Waals surface area (Å²) in [6.45, 7) is 11.0. The van der Waals surface area contributed by atoms with Crippen LogP contribution >= 0.6 is 0 Å². The maximum atomic E-state index is 11.4. The minimum absolute atomic E-state index is 0.385. The Morgan fingerprint density at radius 3 is 2.33 bits per heavy atom. The lowest BCUT2D eigenvalue weighted by Gasteiger charge is -2.19. The van der Waals surface area contributed by atoms with Crippen molar-refractivity contribution in [3.63, 3.8) is 0 Å². The Hall–Kier alpha value is -1.71. The van der Waals surface area contributed by atoms with Gasteiger partial charge in [-0.3, -0.25) is 0 Å². The van der Waals surface area contributed by atoms with Crippen LogP contribution in [0.15, 0.2) is 24.3 Å². The van der Waals surface area contributed by atoms with Crippen LogP contribution in [0.25, 0.3) is 0 Å². The number of carbonyl (C=O) groups excluding carboxylic acids is 1. The molecule has 0 bridgehead atoms. The fourth-order valence-corrected chi connectivity index (χ4v) is 1.72. The van der Waals surface area contributed by atoms with Crippen molar-refractivity contribution in [1.29, 1.82) is 0 Å². The van der Waals surface area contributed by atoms with E-state index in [4.69, 9.17) is 9.47 Å². The third-order valence-electron chi connectivity index (χ3n) is 2.80. The number of ether oxygens (including phenoxy) is 2. The van der Waals surface area contributed by atoms with Gasteiger partial charge in [0, 0.05) is 6.54 Å². The number of alkyl carbamates (subject to hydrolysis) is 1. The van der Waals surface area contributed by atoms with Gasteiger partial charge in [0.25, 0.3) is 0 Å². The highest BCUT2D eigenvalue weighted by atomic mass is 16.6. The Balaban J connectivity index is 2.18. The summed E-state index contributed by atoms with van der Waals surface area (Å²) in [5, 5.41) is 2.71. The molecule has 0 aliphatic heterocycles. The smallest absolute Gasteiger partial charge is 0.407 e. The summed E-state index contributed by atoms with van der Waals surface area (Å²) in [7, 11) is 0. The van der Waals surface area contributed by atoms with E-state index >= 15 is 0 Å². The molecular weight excluding hydrogens is 266 g/mol. The van der Waals surface area contributed by atoms with Gasteiger partial charge in [0.1, 0.15) is 11.4 Å². The molecule has 0 fully saturated rings. The van der Waals surface area contributed by atoms with Crippen molar-refractivity contribution in [3.8, 4) is 5.75 Å². The summed E-state index contributed by atoms with van der Waals surface area (Å²) in [5.74, 6) is 1.38. The molecule has 0 unspecified atom stereocenters. The topological polar surface area (TPSA) is 47.6 Å². The van der Waals surface area contributed by atoms with Gasteiger partial charge in [0.15, 0.2) is 0 Å². The maximum Gasteiger partial charge on any atom is 0.407 e. The number of carbonyl (C=O) groups is 1. The van der Waals surface area contributed by atoms with Gasteiger partial charge < -0.3 is 14.8 Å². The van der Waals surface area contributed by atoms with Gasteiger partial charge >= 0.3 is 6.09 Å². The minimum atomic E-state index is -0.460. The lowest BCUT2D eigenvalue weighted by atomic mass is 10.0. The zero-order valence-corrected chi connectivity index (χ0v) is 13.7. The van der Waals surface area contributed by atoms with E-state index in [1.54, 1.807) is 0 Å². The van der Waals surface area contributed by atoms with Crippen LogP contribution in [0.3, 0.4) is 0 Å². The van der Waals surface area contributed by atoms with E-state index in [0.29, 0.717) is 19.1 Å². The fraction of sp³-hybridized carbons (Fsp3) is 0.588. The van der Waals surface area contributed by atoms with Crippen LogP contribution in [-0.2, 0) is 4.74 Å². The third kappa shape index (κ3) is 7.59. The highest BCUT2D eigenvalue weighted by Gasteiger charge is 2.15. The molecule has 21 heavy (non-hydrogen) atoms. The average molecular weight is 293 g/mol. The molecule has 4 nitrogen and oxygen atoms in total. The molecule has 0 heterocycles. The van der Waals surface area contributed by atoms with E-state index in [0.717, 1.165) is 12.2 Å². The Kier molecular flexibility index (Phi) is 6.53. The first-order valence-corrected chi connectivity index (χ1v) is 7.47. The van der Waals surface area contributed by atoms with E-state index in [-0.39, 0.29) is 6.09 Å². The summed E-state index contributed by atoms with van der Waals surface area (Å²) in [5.41, 5.74) is 0.840. The van der Waals surface area contributed by atoms with Crippen molar-refractivity contribution in [2.75, 3.05) is 13.2 Å². The van der Waals surface area contributed by atoms with Crippen LogP contribution in [-0.4, -0.2) is 24.8 Å². The van der Waals surface area contributed by atoms with Crippen LogP contribution in [0.4, 0.5) is 4.79 Å². The zero-order valence-electron chi connectivity index (χ0n) is 13.7. The van der Waals surface area contributed by atoms with Crippen LogP contribution in [0.1, 0.15) is 52.5 Å². The lowest BCUT2D eigenvalue weighted by molar-refractivity contribution is 0.0525. The van der Waals surface area contributed by atoms with Gasteiger partial charge in [-0.05, 0) is 50.8 Å². The molecule has 4 heteroatoms. The van der Waals surface area contributed by atoms with Crippen LogP contribution in [0, 0.1) is 0 Å². The molecule has 1 aromatic rings. The molecule has 1 amide bonds. The van der Waals surface area contributed by atoms with Crippen LogP contribution < -0.4 is 10.1 Å². The van der Waals surface area contributed by atoms with Crippen molar-refractivity contribution in [3.05, 3.63) is 29.8 Å². The van der Waals surface area contributed by atoms with E-state index < -0.39 is 5.60 Å². The molecule has 0 radical (unpaired) electrons. The summed E-state index contributed by atoms with van der Waals surface area (Å²) in [4.78, 5) is 11.4. The first-order chi connectivity index (χ1) is 9.78. The van der Waals surface area contributed by atoms with Gasteiger partial charge in [0.05, 0.1) is 6.61 Å². The fourth-order valence-electron chi connectivity index (χ4n) is 1.72. The number of benzene rings is 1. The largest absolute Gasteiger partial charge is 0.494 e. The molecule has 1 rings (SSSR count). The normalized spacial score (nSPS) is 11.3. The summed E-state index contributed by atoms with van der Waals surface area (Å²) in [6.07, 6.45) is 0.356. The number of hydrogen-bond acceptors (Lipinski definition) is 3. The molecule has 0 atom stereocenters. The second-order valence-electron chi connectivity index (χ2n) is 6.35. The first-order valence-electron chi connectivity index (χ1n) is 7.47.